The predicted octanol–water partition coefficient (Wildman–Crippen LogP) is 0.146. The molecule has 2 N–H and O–H groups in total. The van der Waals surface area contributed by atoms with Crippen LogP contribution in [0.1, 0.15) is 40.5 Å². The first-order valence-corrected chi connectivity index (χ1v) is 6.33. The van der Waals surface area contributed by atoms with Crippen LogP contribution in [0.5, 0.6) is 0 Å². The van der Waals surface area contributed by atoms with Gasteiger partial charge in [-0.3, -0.25) is 9.59 Å². The van der Waals surface area contributed by atoms with Crippen molar-refractivity contribution in [1.29, 1.82) is 0 Å². The summed E-state index contributed by atoms with van der Waals surface area (Å²) < 4.78 is 10.5. The number of ketones is 1. The third-order valence-corrected chi connectivity index (χ3v) is 4.39. The topological polar surface area (TPSA) is 93.1 Å². The molecule has 1 unspecified atom stereocenters. The molecule has 6 nitrogen and oxygen atoms in total. The highest BCUT2D eigenvalue weighted by Crippen LogP contribution is 2.55. The lowest BCUT2D eigenvalue weighted by Crippen LogP contribution is -2.67. The van der Waals surface area contributed by atoms with E-state index in [0.717, 1.165) is 0 Å². The summed E-state index contributed by atoms with van der Waals surface area (Å²) in [5, 5.41) is 20.4. The number of rotatable bonds is 1. The monoisotopic (exact) mass is 272 g/mol. The number of fused-ring (bicyclic) bond motifs is 1. The first-order chi connectivity index (χ1) is 8.53. The molecule has 1 aliphatic carbocycles. The summed E-state index contributed by atoms with van der Waals surface area (Å²) in [6.07, 6.45) is -1.57. The normalized spacial score (nSPS) is 44.8. The minimum atomic E-state index is -1.78. The van der Waals surface area contributed by atoms with Crippen LogP contribution in [0.25, 0.3) is 0 Å². The Kier molecular flexibility index (Phi) is 3.04. The molecule has 0 aromatic heterocycles. The number of Topliss-reactive ketones (excluding diaryl/α,β-unsaturated/α-hetero) is 1. The number of aliphatic hydroxyl groups is 2. The molecule has 1 heterocycles. The minimum Gasteiger partial charge on any atom is -0.462 e. The molecule has 0 amide bonds. The van der Waals surface area contributed by atoms with Crippen LogP contribution in [0, 0.1) is 5.41 Å². The van der Waals surface area contributed by atoms with Crippen LogP contribution in [0.2, 0.25) is 0 Å². The second-order valence-corrected chi connectivity index (χ2v) is 6.30. The Morgan fingerprint density at radius 1 is 1.37 bits per heavy atom. The lowest BCUT2D eigenvalue weighted by atomic mass is 9.57. The largest absolute Gasteiger partial charge is 0.462 e. The molecule has 19 heavy (non-hydrogen) atoms. The highest BCUT2D eigenvalue weighted by molar-refractivity contribution is 5.94. The first-order valence-electron chi connectivity index (χ1n) is 6.33. The molecule has 1 aliphatic heterocycles. The van der Waals surface area contributed by atoms with Crippen molar-refractivity contribution < 1.29 is 29.3 Å². The Labute approximate surface area is 111 Å². The number of esters is 1. The van der Waals surface area contributed by atoms with Gasteiger partial charge in [0.15, 0.2) is 5.60 Å². The summed E-state index contributed by atoms with van der Waals surface area (Å²) in [7, 11) is 0. The zero-order valence-corrected chi connectivity index (χ0v) is 11.6. The maximum absolute atomic E-state index is 12.1. The van der Waals surface area contributed by atoms with Crippen molar-refractivity contribution in [3.8, 4) is 0 Å². The van der Waals surface area contributed by atoms with Crippen LogP contribution < -0.4 is 0 Å². The maximum atomic E-state index is 12.1. The number of hydrogen-bond acceptors (Lipinski definition) is 6. The molecule has 2 fully saturated rings. The van der Waals surface area contributed by atoms with Crippen LogP contribution in [0.3, 0.4) is 0 Å². The van der Waals surface area contributed by atoms with Crippen LogP contribution >= 0.6 is 0 Å². The van der Waals surface area contributed by atoms with E-state index in [1.54, 1.807) is 20.8 Å². The zero-order valence-electron chi connectivity index (χ0n) is 11.6. The van der Waals surface area contributed by atoms with Crippen molar-refractivity contribution in [1.82, 2.24) is 0 Å². The average Bonchev–Trinajstić information content (AvgIpc) is 2.38. The van der Waals surface area contributed by atoms with E-state index in [1.165, 1.54) is 6.92 Å². The van der Waals surface area contributed by atoms with Crippen LogP contribution in [-0.2, 0) is 19.1 Å². The van der Waals surface area contributed by atoms with E-state index in [0.29, 0.717) is 6.42 Å². The van der Waals surface area contributed by atoms with Gasteiger partial charge in [0.2, 0.25) is 12.1 Å². The molecule has 1 saturated carbocycles. The Hall–Kier alpha value is -0.980. The van der Waals surface area contributed by atoms with E-state index in [4.69, 9.17) is 9.47 Å². The summed E-state index contributed by atoms with van der Waals surface area (Å²) in [5.74, 6) is -1.14. The van der Waals surface area contributed by atoms with Crippen molar-refractivity contribution in [2.75, 3.05) is 0 Å². The van der Waals surface area contributed by atoms with E-state index in [1.807, 2.05) is 0 Å². The number of hydrogen-bond donors (Lipinski definition) is 2. The average molecular weight is 272 g/mol. The van der Waals surface area contributed by atoms with Gasteiger partial charge in [0.05, 0.1) is 0 Å². The van der Waals surface area contributed by atoms with Crippen molar-refractivity contribution in [2.24, 2.45) is 5.41 Å². The molecule has 4 atom stereocenters. The fraction of sp³-hybridized carbons (Fsp3) is 0.846. The van der Waals surface area contributed by atoms with Crippen LogP contribution in [0.15, 0.2) is 0 Å². The molecule has 0 spiro atoms. The third kappa shape index (κ3) is 1.81. The second-order valence-electron chi connectivity index (χ2n) is 6.30. The molecule has 0 aromatic rings. The lowest BCUT2D eigenvalue weighted by Gasteiger charge is -2.52. The summed E-state index contributed by atoms with van der Waals surface area (Å²) in [5.41, 5.74) is -3.91. The Bertz CT molecular complexity index is 431. The van der Waals surface area contributed by atoms with E-state index >= 15 is 0 Å². The van der Waals surface area contributed by atoms with Crippen molar-refractivity contribution >= 4 is 11.8 Å². The van der Waals surface area contributed by atoms with Gasteiger partial charge in [0.25, 0.3) is 0 Å². The van der Waals surface area contributed by atoms with Crippen molar-refractivity contribution in [3.05, 3.63) is 0 Å². The van der Waals surface area contributed by atoms with Gasteiger partial charge in [-0.05, 0) is 13.3 Å². The van der Waals surface area contributed by atoms with Gasteiger partial charge in [-0.15, -0.1) is 0 Å². The van der Waals surface area contributed by atoms with E-state index < -0.39 is 40.8 Å². The summed E-state index contributed by atoms with van der Waals surface area (Å²) in [4.78, 5) is 23.2. The number of carbonyl (C=O) groups is 2. The molecule has 2 rings (SSSR count). The van der Waals surface area contributed by atoms with E-state index in [9.17, 15) is 19.8 Å². The van der Waals surface area contributed by atoms with E-state index in [-0.39, 0.29) is 6.42 Å². The van der Waals surface area contributed by atoms with Gasteiger partial charge >= 0.3 is 5.97 Å². The van der Waals surface area contributed by atoms with Crippen molar-refractivity contribution in [2.45, 2.75) is 64.1 Å². The Balaban J connectivity index is 2.40. The van der Waals surface area contributed by atoms with E-state index in [2.05, 4.69) is 0 Å². The highest BCUT2D eigenvalue weighted by atomic mass is 16.6. The molecule has 6 heteroatoms. The van der Waals surface area contributed by atoms with Gasteiger partial charge in [-0.2, -0.15) is 0 Å². The van der Waals surface area contributed by atoms with Crippen LogP contribution in [-0.4, -0.2) is 45.6 Å². The van der Waals surface area contributed by atoms with Crippen LogP contribution in [0.4, 0.5) is 0 Å². The summed E-state index contributed by atoms with van der Waals surface area (Å²) in [6, 6.07) is 0. The van der Waals surface area contributed by atoms with Gasteiger partial charge in [-0.1, -0.05) is 13.8 Å². The minimum absolute atomic E-state index is 0.176. The molecule has 0 aromatic carbocycles. The fourth-order valence-electron chi connectivity index (χ4n) is 3.61. The highest BCUT2D eigenvalue weighted by Gasteiger charge is 2.72. The molecule has 2 aliphatic rings. The SMILES string of the molecule is CC(=O)O[C@@H]1CC(C)(C)C2(O)C(=O)[C@@H](O)O[C@]2(C)C1. The second kappa shape index (κ2) is 4.01. The number of ether oxygens (including phenoxy) is 2. The van der Waals surface area contributed by atoms with Gasteiger partial charge in [0.1, 0.15) is 11.7 Å². The third-order valence-electron chi connectivity index (χ3n) is 4.39. The molecule has 1 saturated heterocycles. The summed E-state index contributed by atoms with van der Waals surface area (Å²) in [6.45, 7) is 6.30. The number of aliphatic hydroxyl groups excluding tert-OH is 1. The number of carbonyl (C=O) groups excluding carboxylic acids is 2. The predicted molar refractivity (Wildman–Crippen MR) is 64.0 cm³/mol. The Morgan fingerprint density at radius 2 is 1.95 bits per heavy atom. The Morgan fingerprint density at radius 3 is 2.47 bits per heavy atom. The zero-order chi connectivity index (χ0) is 14.6. The molecular formula is C13H20O6. The standard InChI is InChI=1S/C13H20O6/c1-7(14)18-8-5-11(2,3)13(17)9(15)10(16)19-12(13,4)6-8/h8,10,16-17H,5-6H2,1-4H3/t8-,10+,12-,13?/m1/s1. The maximum Gasteiger partial charge on any atom is 0.302 e. The fourth-order valence-corrected chi connectivity index (χ4v) is 3.61. The first kappa shape index (κ1) is 14.4. The molecule has 0 radical (unpaired) electrons. The molecular weight excluding hydrogens is 252 g/mol. The molecule has 0 bridgehead atoms. The quantitative estimate of drug-likeness (QED) is 0.660. The summed E-state index contributed by atoms with van der Waals surface area (Å²) >= 11 is 0. The lowest BCUT2D eigenvalue weighted by molar-refractivity contribution is -0.232. The van der Waals surface area contributed by atoms with Gasteiger partial charge in [0, 0.05) is 18.8 Å². The van der Waals surface area contributed by atoms with Crippen molar-refractivity contribution in [3.63, 3.8) is 0 Å². The smallest absolute Gasteiger partial charge is 0.302 e. The van der Waals surface area contributed by atoms with Gasteiger partial charge < -0.3 is 19.7 Å². The molecule has 108 valence electrons. The van der Waals surface area contributed by atoms with Gasteiger partial charge in [-0.25, -0.2) is 0 Å².